The maximum Gasteiger partial charge on any atom is 0.410 e. The molecule has 1 saturated heterocycles. The van der Waals surface area contributed by atoms with Gasteiger partial charge in [0.15, 0.2) is 5.78 Å². The molecule has 0 saturated carbocycles. The van der Waals surface area contributed by atoms with E-state index in [1.165, 1.54) is 22.1 Å². The van der Waals surface area contributed by atoms with Crippen LogP contribution in [-0.4, -0.2) is 119 Å². The maximum atomic E-state index is 15.4. The molecule has 0 spiro atoms. The Hall–Kier alpha value is -6.33. The fourth-order valence-corrected chi connectivity index (χ4v) is 7.16. The summed E-state index contributed by atoms with van der Waals surface area (Å²) in [6.45, 7) is 11.5. The Morgan fingerprint density at radius 1 is 0.938 bits per heavy atom. The van der Waals surface area contributed by atoms with Gasteiger partial charge >= 0.3 is 18.2 Å². The number of carboxylic acids is 1. The average molecular weight is 893 g/mol. The molecule has 1 aromatic heterocycles. The summed E-state index contributed by atoms with van der Waals surface area (Å²) in [5.41, 5.74) is -0.152. The van der Waals surface area contributed by atoms with Crippen LogP contribution < -0.4 is 21.0 Å². The predicted octanol–water partition coefficient (Wildman–Crippen LogP) is 4.93. The van der Waals surface area contributed by atoms with Crippen LogP contribution in [0, 0.1) is 17.7 Å². The number of aromatic nitrogens is 1. The smallest absolute Gasteiger partial charge is 0.410 e. The number of fused-ring (bicyclic) bond motifs is 1. The number of benzene rings is 2. The molecule has 0 bridgehead atoms. The molecule has 3 N–H and O–H groups in total. The number of carbonyl (C=O) groups excluding carboxylic acids is 6. The van der Waals surface area contributed by atoms with E-state index in [0.29, 0.717) is 29.6 Å². The van der Waals surface area contributed by atoms with Crippen LogP contribution >= 0.6 is 0 Å². The molecule has 3 aromatic rings. The first-order valence-corrected chi connectivity index (χ1v) is 21.4. The van der Waals surface area contributed by atoms with Crippen LogP contribution in [0.25, 0.3) is 10.9 Å². The summed E-state index contributed by atoms with van der Waals surface area (Å²) in [6.07, 6.45) is 0.411. The van der Waals surface area contributed by atoms with Crippen LogP contribution in [0.3, 0.4) is 0 Å². The summed E-state index contributed by atoms with van der Waals surface area (Å²) < 4.78 is 27.8. The Bertz CT molecular complexity index is 2260. The first-order valence-electron chi connectivity index (χ1n) is 21.4. The van der Waals surface area contributed by atoms with E-state index >= 15 is 4.39 Å². The number of rotatable bonds is 19. The van der Waals surface area contributed by atoms with Gasteiger partial charge in [0.2, 0.25) is 17.2 Å². The number of aryl methyl sites for hydroxylation is 1. The normalized spacial score (nSPS) is 13.8. The van der Waals surface area contributed by atoms with Gasteiger partial charge in [0.05, 0.1) is 11.2 Å². The molecule has 348 valence electrons. The Morgan fingerprint density at radius 3 is 2.16 bits per heavy atom. The number of ether oxygens (including phenoxy) is 2. The zero-order chi connectivity index (χ0) is 47.5. The Morgan fingerprint density at radius 2 is 1.58 bits per heavy atom. The molecule has 64 heavy (non-hydrogen) atoms. The highest BCUT2D eigenvalue weighted by Crippen LogP contribution is 2.27. The molecule has 1 aliphatic rings. The number of nitrogens with zero attached hydrogens (tertiary/aromatic N) is 4. The fourth-order valence-electron chi connectivity index (χ4n) is 7.16. The lowest BCUT2D eigenvalue weighted by atomic mass is 9.88. The van der Waals surface area contributed by atoms with Gasteiger partial charge in [0.25, 0.3) is 0 Å². The Kier molecular flexibility index (Phi) is 17.6. The van der Waals surface area contributed by atoms with Crippen molar-refractivity contribution < 1.29 is 52.5 Å². The van der Waals surface area contributed by atoms with E-state index in [9.17, 15) is 43.5 Å². The number of pyridine rings is 1. The Labute approximate surface area is 372 Å². The van der Waals surface area contributed by atoms with E-state index in [0.717, 1.165) is 6.07 Å². The standard InChI is InChI=1S/C46H61FN6O11/c1-9-51-26-34(43(59)60)41(57)33-23-35(47)38(24-37(33)51)52-17-19-53(20-18-52)45(62)63-27-30-15-13-29(14-16-30)21-39(55)36(25-48-44(61)64-46(4,5)6)49-42(58)32(28(2)3)22-31(54)11-10-12-40(56)50(7)8/h13-16,23-24,26,28,32,36H,9-12,17-22,25,27H2,1-8H3,(H,48,61)(H,49,58)(H,59,60)/t32-,36-/m0/s1. The quantitative estimate of drug-likeness (QED) is 0.146. The number of carbonyl (C=O) groups is 7. The van der Waals surface area contributed by atoms with Crippen molar-refractivity contribution in [2.45, 2.75) is 98.4 Å². The van der Waals surface area contributed by atoms with Crippen LogP contribution in [0.1, 0.15) is 88.7 Å². The largest absolute Gasteiger partial charge is 0.477 e. The van der Waals surface area contributed by atoms with Crippen molar-refractivity contribution in [2.24, 2.45) is 11.8 Å². The molecule has 0 radical (unpaired) electrons. The second-order valence-electron chi connectivity index (χ2n) is 17.5. The van der Waals surface area contributed by atoms with Gasteiger partial charge in [0.1, 0.15) is 35.4 Å². The SMILES string of the molecule is CCn1cc(C(=O)O)c(=O)c2cc(F)c(N3CCN(C(=O)OCc4ccc(CC(=O)[C@H](CNC(=O)OC(C)(C)C)NC(=O)[C@@H](CC(=O)CCCC(=O)N(C)C)C(C)C)cc4)CC3)cc21. The van der Waals surface area contributed by atoms with Crippen molar-refractivity contribution in [3.8, 4) is 0 Å². The molecular weight excluding hydrogens is 832 g/mol. The number of nitrogens with one attached hydrogen (secondary N) is 2. The van der Waals surface area contributed by atoms with Gasteiger partial charge in [0, 0.05) is 96.5 Å². The van der Waals surface area contributed by atoms with E-state index < -0.39 is 64.2 Å². The van der Waals surface area contributed by atoms with Gasteiger partial charge < -0.3 is 44.5 Å². The van der Waals surface area contributed by atoms with Gasteiger partial charge in [-0.15, -0.1) is 0 Å². The Balaban J connectivity index is 1.34. The van der Waals surface area contributed by atoms with Crippen molar-refractivity contribution in [1.29, 1.82) is 0 Å². The number of halogens is 1. The minimum Gasteiger partial charge on any atom is -0.477 e. The van der Waals surface area contributed by atoms with Crippen LogP contribution in [0.4, 0.5) is 19.7 Å². The van der Waals surface area contributed by atoms with Crippen LogP contribution in [0.15, 0.2) is 47.4 Å². The second-order valence-corrected chi connectivity index (χ2v) is 17.5. The second kappa shape index (κ2) is 22.3. The summed E-state index contributed by atoms with van der Waals surface area (Å²) in [4.78, 5) is 107. The van der Waals surface area contributed by atoms with E-state index in [-0.39, 0.29) is 93.7 Å². The summed E-state index contributed by atoms with van der Waals surface area (Å²) in [5, 5.41) is 14.7. The molecule has 0 unspecified atom stereocenters. The van der Waals surface area contributed by atoms with Crippen LogP contribution in [0.5, 0.6) is 0 Å². The van der Waals surface area contributed by atoms with E-state index in [1.807, 2.05) is 0 Å². The molecule has 17 nitrogen and oxygen atoms in total. The first kappa shape index (κ1) is 50.3. The molecule has 18 heteroatoms. The maximum absolute atomic E-state index is 15.4. The summed E-state index contributed by atoms with van der Waals surface area (Å²) in [5.74, 6) is -4.28. The molecule has 1 fully saturated rings. The summed E-state index contributed by atoms with van der Waals surface area (Å²) in [7, 11) is 3.28. The number of hydrogen-bond donors (Lipinski definition) is 3. The molecule has 2 heterocycles. The molecule has 2 aromatic carbocycles. The zero-order valence-corrected chi connectivity index (χ0v) is 38.0. The number of alkyl carbamates (subject to hydrolysis) is 1. The third-order valence-corrected chi connectivity index (χ3v) is 10.9. The number of hydrogen-bond acceptors (Lipinski definition) is 11. The lowest BCUT2D eigenvalue weighted by molar-refractivity contribution is -0.133. The zero-order valence-electron chi connectivity index (χ0n) is 38.0. The summed E-state index contributed by atoms with van der Waals surface area (Å²) in [6, 6.07) is 8.21. The number of ketones is 2. The molecule has 4 amide bonds. The van der Waals surface area contributed by atoms with Crippen molar-refractivity contribution in [2.75, 3.05) is 51.7 Å². The highest BCUT2D eigenvalue weighted by Gasteiger charge is 2.31. The number of anilines is 1. The van der Waals surface area contributed by atoms with Crippen molar-refractivity contribution in [3.63, 3.8) is 0 Å². The van der Waals surface area contributed by atoms with Gasteiger partial charge in [-0.25, -0.2) is 18.8 Å². The number of aromatic carboxylic acids is 1. The first-order chi connectivity index (χ1) is 30.1. The van der Waals surface area contributed by atoms with Gasteiger partial charge in [-0.3, -0.25) is 24.0 Å². The lowest BCUT2D eigenvalue weighted by Gasteiger charge is -2.35. The monoisotopic (exact) mass is 892 g/mol. The van der Waals surface area contributed by atoms with Crippen LogP contribution in [-0.2, 0) is 48.2 Å². The van der Waals surface area contributed by atoms with Crippen molar-refractivity contribution in [1.82, 2.24) is 25.0 Å². The predicted molar refractivity (Wildman–Crippen MR) is 237 cm³/mol. The third kappa shape index (κ3) is 14.1. The highest BCUT2D eigenvalue weighted by atomic mass is 19.1. The van der Waals surface area contributed by atoms with Gasteiger partial charge in [-0.05, 0) is 63.3 Å². The van der Waals surface area contributed by atoms with E-state index in [4.69, 9.17) is 9.47 Å². The minimum atomic E-state index is -1.39. The third-order valence-electron chi connectivity index (χ3n) is 10.9. The molecule has 4 rings (SSSR count). The van der Waals surface area contributed by atoms with Gasteiger partial charge in [-0.2, -0.15) is 0 Å². The van der Waals surface area contributed by atoms with Gasteiger partial charge in [-0.1, -0.05) is 38.1 Å². The molecule has 0 aliphatic carbocycles. The fraction of sp³-hybridized carbons (Fsp3) is 0.522. The van der Waals surface area contributed by atoms with E-state index in [1.54, 1.807) is 89.4 Å². The highest BCUT2D eigenvalue weighted by molar-refractivity contribution is 5.94. The molecule has 1 aliphatic heterocycles. The van der Waals surface area contributed by atoms with Crippen LogP contribution in [0.2, 0.25) is 0 Å². The van der Waals surface area contributed by atoms with Crippen molar-refractivity contribution in [3.05, 3.63) is 75.3 Å². The number of carboxylic acid groups (broad SMARTS) is 1. The van der Waals surface area contributed by atoms with Crippen molar-refractivity contribution >= 4 is 58.1 Å². The number of Topliss-reactive ketones (excluding diaryl/α,β-unsaturated/α-hetero) is 2. The number of amides is 4. The molecular formula is C46H61FN6O11. The summed E-state index contributed by atoms with van der Waals surface area (Å²) >= 11 is 0. The lowest BCUT2D eigenvalue weighted by Crippen LogP contribution is -2.51. The number of piperazine rings is 1. The average Bonchev–Trinajstić information content (AvgIpc) is 3.23. The minimum absolute atomic E-state index is 0.0322. The molecule has 2 atom stereocenters. The topological polar surface area (TPSA) is 214 Å². The van der Waals surface area contributed by atoms with E-state index in [2.05, 4.69) is 10.6 Å².